The van der Waals surface area contributed by atoms with Crippen LogP contribution in [0.3, 0.4) is 0 Å². The summed E-state index contributed by atoms with van der Waals surface area (Å²) in [5.41, 5.74) is 0.755. The molecule has 1 aromatic heterocycles. The van der Waals surface area contributed by atoms with Crippen LogP contribution in [-0.2, 0) is 11.0 Å². The number of alkyl halides is 3. The summed E-state index contributed by atoms with van der Waals surface area (Å²) in [5, 5.41) is 16.5. The zero-order chi connectivity index (χ0) is 26.6. The van der Waals surface area contributed by atoms with Crippen molar-refractivity contribution < 1.29 is 22.7 Å². The smallest absolute Gasteiger partial charge is 0.416 e. The summed E-state index contributed by atoms with van der Waals surface area (Å²) in [5.74, 6) is -0.282. The first kappa shape index (κ1) is 25.5. The molecule has 10 heteroatoms. The number of carbonyl (C=O) groups is 1. The first-order valence-electron chi connectivity index (χ1n) is 10.8. The maximum atomic E-state index is 13.1. The van der Waals surface area contributed by atoms with Crippen LogP contribution in [-0.4, -0.2) is 22.8 Å². The molecule has 0 bridgehead atoms. The zero-order valence-electron chi connectivity index (χ0n) is 19.3. The van der Waals surface area contributed by atoms with Crippen LogP contribution in [0.2, 0.25) is 5.02 Å². The topological polar surface area (TPSA) is 79.9 Å². The molecule has 0 aliphatic heterocycles. The van der Waals surface area contributed by atoms with Crippen LogP contribution in [0.1, 0.15) is 11.1 Å². The number of amides is 1. The van der Waals surface area contributed by atoms with Gasteiger partial charge in [-0.3, -0.25) is 4.79 Å². The predicted molar refractivity (Wildman–Crippen MR) is 134 cm³/mol. The third-order valence-corrected chi connectivity index (χ3v) is 5.66. The molecule has 1 amide bonds. The molecule has 0 fully saturated rings. The second-order valence-corrected chi connectivity index (χ2v) is 8.17. The van der Waals surface area contributed by atoms with Crippen molar-refractivity contribution in [2.75, 3.05) is 12.4 Å². The van der Waals surface area contributed by atoms with Gasteiger partial charge in [0, 0.05) is 17.3 Å². The summed E-state index contributed by atoms with van der Waals surface area (Å²) < 4.78 is 46.1. The molecular formula is C27H18ClF3N4O2. The number of benzene rings is 3. The average Bonchev–Trinajstić information content (AvgIpc) is 3.32. The third kappa shape index (κ3) is 5.82. The van der Waals surface area contributed by atoms with Crippen LogP contribution in [0.15, 0.2) is 84.6 Å². The maximum Gasteiger partial charge on any atom is 0.416 e. The quantitative estimate of drug-likeness (QED) is 0.224. The molecule has 0 unspecified atom stereocenters. The van der Waals surface area contributed by atoms with Crippen LogP contribution >= 0.6 is 11.6 Å². The molecule has 6 nitrogen and oxygen atoms in total. The number of carbonyl (C=O) groups excluding carboxylic acids is 1. The first-order valence-corrected chi connectivity index (χ1v) is 11.2. The second-order valence-electron chi connectivity index (χ2n) is 7.76. The number of halogens is 4. The van der Waals surface area contributed by atoms with E-state index in [1.165, 1.54) is 6.08 Å². The van der Waals surface area contributed by atoms with Gasteiger partial charge in [-0.2, -0.15) is 23.5 Å². The highest BCUT2D eigenvalue weighted by Gasteiger charge is 2.31. The predicted octanol–water partition coefficient (Wildman–Crippen LogP) is 6.77. The van der Waals surface area contributed by atoms with Crippen LogP contribution in [0.5, 0.6) is 5.75 Å². The Labute approximate surface area is 215 Å². The van der Waals surface area contributed by atoms with E-state index >= 15 is 0 Å². The minimum atomic E-state index is -4.63. The molecule has 37 heavy (non-hydrogen) atoms. The van der Waals surface area contributed by atoms with E-state index in [-0.39, 0.29) is 16.3 Å². The van der Waals surface area contributed by atoms with Gasteiger partial charge >= 0.3 is 6.18 Å². The summed E-state index contributed by atoms with van der Waals surface area (Å²) in [6.07, 6.45) is -1.66. The molecule has 4 aromatic rings. The second kappa shape index (κ2) is 10.6. The Kier molecular flexibility index (Phi) is 7.32. The van der Waals surface area contributed by atoms with Gasteiger partial charge in [0.05, 0.1) is 34.8 Å². The molecule has 0 aliphatic carbocycles. The Bertz CT molecular complexity index is 1510. The highest BCUT2D eigenvalue weighted by molar-refractivity contribution is 6.34. The lowest BCUT2D eigenvalue weighted by atomic mass is 10.1. The summed E-state index contributed by atoms with van der Waals surface area (Å²) in [6, 6.07) is 20.6. The van der Waals surface area contributed by atoms with E-state index in [1.54, 1.807) is 42.3 Å². The molecule has 0 atom stereocenters. The lowest BCUT2D eigenvalue weighted by molar-refractivity contribution is -0.137. The van der Waals surface area contributed by atoms with E-state index < -0.39 is 17.6 Å². The molecule has 1 heterocycles. The number of methoxy groups -OCH3 is 1. The number of hydrogen-bond acceptors (Lipinski definition) is 4. The number of ether oxygens (including phenoxy) is 1. The lowest BCUT2D eigenvalue weighted by Gasteiger charge is -2.11. The Morgan fingerprint density at radius 3 is 2.43 bits per heavy atom. The van der Waals surface area contributed by atoms with Crippen molar-refractivity contribution in [3.63, 3.8) is 0 Å². The van der Waals surface area contributed by atoms with Gasteiger partial charge in [0.25, 0.3) is 5.91 Å². The molecule has 0 radical (unpaired) electrons. The van der Waals surface area contributed by atoms with Crippen LogP contribution in [0, 0.1) is 11.3 Å². The van der Waals surface area contributed by atoms with Crippen molar-refractivity contribution in [1.29, 1.82) is 5.26 Å². The van der Waals surface area contributed by atoms with Gasteiger partial charge in [-0.05, 0) is 60.7 Å². The fourth-order valence-corrected chi connectivity index (χ4v) is 3.64. The van der Waals surface area contributed by atoms with Crippen LogP contribution in [0.4, 0.5) is 18.9 Å². The molecule has 4 rings (SSSR count). The Morgan fingerprint density at radius 2 is 1.81 bits per heavy atom. The monoisotopic (exact) mass is 522 g/mol. The van der Waals surface area contributed by atoms with Gasteiger partial charge in [-0.15, -0.1) is 0 Å². The van der Waals surface area contributed by atoms with Crippen molar-refractivity contribution in [3.8, 4) is 28.8 Å². The number of para-hydroxylation sites is 1. The molecule has 1 N–H and O–H groups in total. The Morgan fingerprint density at radius 1 is 1.11 bits per heavy atom. The third-order valence-electron chi connectivity index (χ3n) is 5.33. The molecule has 186 valence electrons. The number of anilines is 1. The van der Waals surface area contributed by atoms with Crippen molar-refractivity contribution in [2.24, 2.45) is 0 Å². The summed E-state index contributed by atoms with van der Waals surface area (Å²) in [6.45, 7) is 0. The van der Waals surface area contributed by atoms with Crippen molar-refractivity contribution in [1.82, 2.24) is 9.78 Å². The minimum absolute atomic E-state index is 0.102. The Hall–Kier alpha value is -4.55. The summed E-state index contributed by atoms with van der Waals surface area (Å²) in [4.78, 5) is 12.9. The lowest BCUT2D eigenvalue weighted by Crippen LogP contribution is -2.15. The maximum absolute atomic E-state index is 13.1. The number of hydrogen-bond donors (Lipinski definition) is 1. The van der Waals surface area contributed by atoms with Crippen molar-refractivity contribution in [3.05, 3.63) is 101 Å². The van der Waals surface area contributed by atoms with Crippen LogP contribution in [0.25, 0.3) is 23.0 Å². The van der Waals surface area contributed by atoms with E-state index in [2.05, 4.69) is 10.4 Å². The highest BCUT2D eigenvalue weighted by atomic mass is 35.5. The zero-order valence-corrected chi connectivity index (χ0v) is 20.0. The molecule has 3 aromatic carbocycles. The number of nitrogens with one attached hydrogen (secondary N) is 1. The highest BCUT2D eigenvalue weighted by Crippen LogP contribution is 2.34. The van der Waals surface area contributed by atoms with Crippen molar-refractivity contribution >= 4 is 29.3 Å². The number of nitriles is 1. The van der Waals surface area contributed by atoms with Crippen molar-refractivity contribution in [2.45, 2.75) is 6.18 Å². The van der Waals surface area contributed by atoms with Gasteiger partial charge in [-0.25, -0.2) is 4.68 Å². The fraction of sp³-hybridized carbons (Fsp3) is 0.0741. The summed E-state index contributed by atoms with van der Waals surface area (Å²) in [7, 11) is 1.54. The van der Waals surface area contributed by atoms with Crippen LogP contribution < -0.4 is 10.1 Å². The molecule has 0 aliphatic rings. The normalized spacial score (nSPS) is 11.6. The Balaban J connectivity index is 1.74. The first-order chi connectivity index (χ1) is 17.7. The van der Waals surface area contributed by atoms with Gasteiger partial charge in [0.1, 0.15) is 17.4 Å². The number of aromatic nitrogens is 2. The van der Waals surface area contributed by atoms with Gasteiger partial charge < -0.3 is 10.1 Å². The molecule has 0 saturated carbocycles. The molecule has 0 spiro atoms. The standard InChI is InChI=1S/C27H18ClF3N4O2/c1-37-22-10-7-17(8-11-22)25-19(16-35(34-25)21-5-3-2-4-6-21)13-18(15-32)26(36)33-24-14-20(27(29,30)31)9-12-23(24)28/h2-14,16H,1H3,(H,33,36)/b18-13-. The summed E-state index contributed by atoms with van der Waals surface area (Å²) >= 11 is 5.99. The largest absolute Gasteiger partial charge is 0.497 e. The van der Waals surface area contributed by atoms with E-state index in [0.29, 0.717) is 28.6 Å². The number of nitrogens with zero attached hydrogens (tertiary/aromatic N) is 3. The van der Waals surface area contributed by atoms with Gasteiger partial charge in [0.15, 0.2) is 0 Å². The number of rotatable bonds is 6. The van der Waals surface area contributed by atoms with E-state index in [1.807, 2.05) is 36.4 Å². The minimum Gasteiger partial charge on any atom is -0.497 e. The molecular weight excluding hydrogens is 505 g/mol. The van der Waals surface area contributed by atoms with Gasteiger partial charge in [-0.1, -0.05) is 29.8 Å². The average molecular weight is 523 g/mol. The van der Waals surface area contributed by atoms with E-state index in [4.69, 9.17) is 16.3 Å². The van der Waals surface area contributed by atoms with E-state index in [9.17, 15) is 23.2 Å². The SMILES string of the molecule is COc1ccc(-c2nn(-c3ccccc3)cc2/C=C(/C#N)C(=O)Nc2cc(C(F)(F)F)ccc2Cl)cc1. The fourth-order valence-electron chi connectivity index (χ4n) is 3.47. The van der Waals surface area contributed by atoms with E-state index in [0.717, 1.165) is 17.8 Å². The van der Waals surface area contributed by atoms with Gasteiger partial charge in [0.2, 0.25) is 0 Å². The molecule has 0 saturated heterocycles.